The Morgan fingerprint density at radius 3 is 2.41 bits per heavy atom. The van der Waals surface area contributed by atoms with Crippen molar-refractivity contribution in [1.82, 2.24) is 19.5 Å². The first-order valence-electron chi connectivity index (χ1n) is 9.52. The standard InChI is InChI=1S/C21H24F2N4O2/c1-5-26(6-2)18(28)12-17-19(15-7-9-16(10-8-15)29-21(22)23)25-27-14(4)11-13(3)24-20(17)27/h7-11,21H,5-6,12H2,1-4H3/i22-1. The van der Waals surface area contributed by atoms with E-state index in [1.165, 1.54) is 12.1 Å². The number of hydrogen-bond acceptors (Lipinski definition) is 4. The fourth-order valence-electron chi connectivity index (χ4n) is 3.39. The molecule has 8 heteroatoms. The van der Waals surface area contributed by atoms with E-state index in [1.54, 1.807) is 21.5 Å². The molecule has 0 aliphatic heterocycles. The summed E-state index contributed by atoms with van der Waals surface area (Å²) in [6, 6.07) is 8.17. The summed E-state index contributed by atoms with van der Waals surface area (Å²) in [6.07, 6.45) is 0.158. The molecule has 29 heavy (non-hydrogen) atoms. The number of carbonyl (C=O) groups excluding carboxylic acids is 1. The van der Waals surface area contributed by atoms with Gasteiger partial charge in [0.05, 0.1) is 12.1 Å². The predicted octanol–water partition coefficient (Wildman–Crippen LogP) is 4.03. The zero-order valence-corrected chi connectivity index (χ0v) is 16.9. The zero-order valence-electron chi connectivity index (χ0n) is 16.9. The minimum atomic E-state index is -2.88. The molecule has 0 aliphatic carbocycles. The first-order chi connectivity index (χ1) is 13.8. The second-order valence-electron chi connectivity index (χ2n) is 6.75. The van der Waals surface area contributed by atoms with Crippen LogP contribution in [0.5, 0.6) is 5.75 Å². The third-order valence-corrected chi connectivity index (χ3v) is 4.79. The third-order valence-electron chi connectivity index (χ3n) is 4.79. The molecule has 0 saturated heterocycles. The van der Waals surface area contributed by atoms with Gasteiger partial charge in [0.15, 0.2) is 5.65 Å². The fraction of sp³-hybridized carbons (Fsp3) is 0.381. The van der Waals surface area contributed by atoms with Gasteiger partial charge in [-0.05, 0) is 58.0 Å². The normalized spacial score (nSPS) is 12.2. The lowest BCUT2D eigenvalue weighted by Crippen LogP contribution is -2.31. The lowest BCUT2D eigenvalue weighted by molar-refractivity contribution is -0.130. The van der Waals surface area contributed by atoms with E-state index >= 15 is 0 Å². The number of hydrogen-bond donors (Lipinski definition) is 0. The molecule has 0 saturated carbocycles. The first-order valence-corrected chi connectivity index (χ1v) is 9.52. The Labute approximate surface area is 168 Å². The van der Waals surface area contributed by atoms with Gasteiger partial charge in [-0.15, -0.1) is 0 Å². The number of carbonyl (C=O) groups is 1. The molecular weight excluding hydrogens is 377 g/mol. The van der Waals surface area contributed by atoms with Crippen LogP contribution in [-0.2, 0) is 11.2 Å². The summed E-state index contributed by atoms with van der Waals surface area (Å²) in [5.74, 6) is 0.0585. The van der Waals surface area contributed by atoms with E-state index < -0.39 is 6.61 Å². The summed E-state index contributed by atoms with van der Waals surface area (Å²) < 4.78 is 31.0. The average Bonchev–Trinajstić information content (AvgIpc) is 3.01. The van der Waals surface area contributed by atoms with E-state index in [9.17, 15) is 13.6 Å². The van der Waals surface area contributed by atoms with Gasteiger partial charge in [0.2, 0.25) is 5.91 Å². The van der Waals surface area contributed by atoms with Gasteiger partial charge in [-0.2, -0.15) is 13.9 Å². The van der Waals surface area contributed by atoms with Crippen molar-refractivity contribution in [2.75, 3.05) is 13.1 Å². The van der Waals surface area contributed by atoms with Crippen LogP contribution in [0.15, 0.2) is 30.3 Å². The van der Waals surface area contributed by atoms with Crippen molar-refractivity contribution < 1.29 is 18.3 Å². The number of ether oxygens (including phenoxy) is 1. The summed E-state index contributed by atoms with van der Waals surface area (Å²) >= 11 is 0. The van der Waals surface area contributed by atoms with Crippen LogP contribution in [0.4, 0.5) is 8.78 Å². The molecule has 0 aliphatic rings. The summed E-state index contributed by atoms with van der Waals surface area (Å²) in [5.41, 5.74) is 4.39. The molecule has 1 atom stereocenters. The Hall–Kier alpha value is -3.03. The minimum absolute atomic E-state index is 0.00948. The smallest absolute Gasteiger partial charge is 0.387 e. The highest BCUT2D eigenvalue weighted by molar-refractivity contribution is 5.84. The molecular formula is C21H24F2N4O2. The van der Waals surface area contributed by atoms with Crippen molar-refractivity contribution in [3.63, 3.8) is 0 Å². The molecule has 0 radical (unpaired) electrons. The van der Waals surface area contributed by atoms with Crippen molar-refractivity contribution in [3.8, 4) is 17.0 Å². The first kappa shape index (κ1) is 20.7. The molecule has 0 bridgehead atoms. The Morgan fingerprint density at radius 2 is 1.83 bits per heavy atom. The number of aryl methyl sites for hydroxylation is 2. The van der Waals surface area contributed by atoms with Crippen molar-refractivity contribution in [1.29, 1.82) is 0 Å². The maximum atomic E-state index is 12.8. The van der Waals surface area contributed by atoms with Gasteiger partial charge in [0.1, 0.15) is 5.75 Å². The topological polar surface area (TPSA) is 59.7 Å². The van der Waals surface area contributed by atoms with E-state index in [-0.39, 0.29) is 18.1 Å². The number of benzene rings is 1. The number of amides is 1. The van der Waals surface area contributed by atoms with E-state index in [2.05, 4.69) is 14.8 Å². The van der Waals surface area contributed by atoms with Crippen molar-refractivity contribution in [2.24, 2.45) is 0 Å². The average molecular weight is 401 g/mol. The lowest BCUT2D eigenvalue weighted by atomic mass is 10.0. The van der Waals surface area contributed by atoms with Crippen LogP contribution in [0.2, 0.25) is 0 Å². The number of fused-ring (bicyclic) bond motifs is 1. The fourth-order valence-corrected chi connectivity index (χ4v) is 3.39. The highest BCUT2D eigenvalue weighted by Crippen LogP contribution is 2.29. The quantitative estimate of drug-likeness (QED) is 0.600. The van der Waals surface area contributed by atoms with Gasteiger partial charge in [0.25, 0.3) is 0 Å². The van der Waals surface area contributed by atoms with Crippen LogP contribution in [0.25, 0.3) is 16.9 Å². The molecule has 0 spiro atoms. The lowest BCUT2D eigenvalue weighted by Gasteiger charge is -2.18. The largest absolute Gasteiger partial charge is 0.435 e. The molecule has 2 heterocycles. The number of aromatic nitrogens is 3. The molecule has 1 unspecified atom stereocenters. The summed E-state index contributed by atoms with van der Waals surface area (Å²) in [7, 11) is 0. The monoisotopic (exact) mass is 401 g/mol. The number of halogens is 2. The minimum Gasteiger partial charge on any atom is -0.435 e. The third kappa shape index (κ3) is 4.36. The van der Waals surface area contributed by atoms with Crippen LogP contribution in [0.3, 0.4) is 0 Å². The van der Waals surface area contributed by atoms with E-state index in [0.29, 0.717) is 30.0 Å². The molecule has 0 N–H and O–H groups in total. The van der Waals surface area contributed by atoms with E-state index in [4.69, 9.17) is 0 Å². The molecule has 3 rings (SSSR count). The van der Waals surface area contributed by atoms with Gasteiger partial charge in [-0.25, -0.2) is 9.50 Å². The predicted molar refractivity (Wildman–Crippen MR) is 106 cm³/mol. The van der Waals surface area contributed by atoms with Crippen molar-refractivity contribution in [2.45, 2.75) is 40.7 Å². The van der Waals surface area contributed by atoms with E-state index in [0.717, 1.165) is 17.0 Å². The number of likely N-dealkylation sites (N-methyl/N-ethyl adjacent to an activating group) is 1. The van der Waals surface area contributed by atoms with E-state index in [1.807, 2.05) is 33.8 Å². The number of nitrogens with zero attached hydrogens (tertiary/aromatic N) is 4. The highest BCUT2D eigenvalue weighted by Gasteiger charge is 2.22. The summed E-state index contributed by atoms with van der Waals surface area (Å²) in [6.45, 7) is 6.05. The van der Waals surface area contributed by atoms with Crippen LogP contribution in [0.1, 0.15) is 30.8 Å². The van der Waals surface area contributed by atoms with Crippen LogP contribution in [-0.4, -0.2) is 45.1 Å². The van der Waals surface area contributed by atoms with Crippen molar-refractivity contribution in [3.05, 3.63) is 47.3 Å². The molecule has 2 aromatic heterocycles. The Bertz CT molecular complexity index is 1010. The van der Waals surface area contributed by atoms with Gasteiger partial charge >= 0.3 is 6.61 Å². The number of rotatable bonds is 7. The van der Waals surface area contributed by atoms with Crippen molar-refractivity contribution >= 4 is 11.6 Å². The SMILES string of the molecule is CCN(CC)C(=O)Cc1c(-c2ccc(OC(F)[18F])cc2)nn2c(C)cc(C)nc12. The van der Waals surface area contributed by atoms with Crippen LogP contribution in [0, 0.1) is 13.8 Å². The summed E-state index contributed by atoms with van der Waals surface area (Å²) in [5, 5.41) is 4.67. The second-order valence-corrected chi connectivity index (χ2v) is 6.75. The number of alkyl halides is 2. The van der Waals surface area contributed by atoms with Gasteiger partial charge in [0, 0.05) is 35.6 Å². The highest BCUT2D eigenvalue weighted by atomic mass is 19.2. The van der Waals surface area contributed by atoms with Crippen LogP contribution >= 0.6 is 0 Å². The Morgan fingerprint density at radius 1 is 1.17 bits per heavy atom. The Balaban J connectivity index is 2.10. The maximum Gasteiger partial charge on any atom is 0.387 e. The molecule has 154 valence electrons. The second kappa shape index (κ2) is 8.55. The molecule has 1 aromatic carbocycles. The van der Waals surface area contributed by atoms with Gasteiger partial charge in [-0.1, -0.05) is 0 Å². The zero-order chi connectivity index (χ0) is 21.1. The molecule has 3 aromatic rings. The molecule has 6 nitrogen and oxygen atoms in total. The van der Waals surface area contributed by atoms with Gasteiger partial charge in [-0.3, -0.25) is 4.79 Å². The van der Waals surface area contributed by atoms with Crippen LogP contribution < -0.4 is 4.74 Å². The maximum absolute atomic E-state index is 12.8. The Kier molecular flexibility index (Phi) is 6.10. The molecule has 1 amide bonds. The summed E-state index contributed by atoms with van der Waals surface area (Å²) in [4.78, 5) is 19.2. The van der Waals surface area contributed by atoms with Gasteiger partial charge < -0.3 is 9.64 Å². The molecule has 0 fully saturated rings.